The Morgan fingerprint density at radius 1 is 0.744 bits per heavy atom. The molecule has 0 radical (unpaired) electrons. The second-order valence-electron chi connectivity index (χ2n) is 9.30. The third-order valence-electron chi connectivity index (χ3n) is 4.96. The first kappa shape index (κ1) is 32.7. The Morgan fingerprint density at radius 2 is 1.28 bits per heavy atom. The first-order valence-corrected chi connectivity index (χ1v) is 16.1. The lowest BCUT2D eigenvalue weighted by atomic mass is 10.1. The molecule has 2 aromatic carbocycles. The number of alkyl halides is 3. The van der Waals surface area contributed by atoms with Crippen LogP contribution in [0.4, 0.5) is 24.5 Å². The van der Waals surface area contributed by atoms with Gasteiger partial charge < -0.3 is 33.4 Å². The predicted molar refractivity (Wildman–Crippen MR) is 144 cm³/mol. The average molecular weight is 574 g/mol. The van der Waals surface area contributed by atoms with E-state index >= 15 is 0 Å². The lowest BCUT2D eigenvalue weighted by Crippen LogP contribution is -2.27. The molecule has 12 heteroatoms. The normalized spacial score (nSPS) is 11.9. The van der Waals surface area contributed by atoms with Crippen molar-refractivity contribution in [1.82, 2.24) is 0 Å². The Balaban J connectivity index is 1.54. The maximum Gasteiger partial charge on any atom is 0.416 e. The topological polar surface area (TPSA) is 84.5 Å². The number of para-hydroxylation sites is 1. The van der Waals surface area contributed by atoms with Gasteiger partial charge in [0.05, 0.1) is 76.3 Å². The van der Waals surface area contributed by atoms with Gasteiger partial charge in [-0.05, 0) is 50.0 Å². The number of hydrogen-bond acceptors (Lipinski definition) is 8. The molecule has 0 saturated heterocycles. The van der Waals surface area contributed by atoms with E-state index in [9.17, 15) is 18.0 Å². The molecule has 39 heavy (non-hydrogen) atoms. The Hall–Kier alpha value is -2.48. The van der Waals surface area contributed by atoms with Gasteiger partial charge >= 0.3 is 12.1 Å². The van der Waals surface area contributed by atoms with Crippen LogP contribution < -0.4 is 5.32 Å². The number of anilines is 2. The molecule has 0 fully saturated rings. The highest BCUT2D eigenvalue weighted by Gasteiger charge is 2.30. The molecule has 1 N–H and O–H groups in total. The van der Waals surface area contributed by atoms with Gasteiger partial charge in [0.25, 0.3) is 0 Å². The van der Waals surface area contributed by atoms with Crippen LogP contribution in [0.5, 0.6) is 0 Å². The Labute approximate surface area is 228 Å². The van der Waals surface area contributed by atoms with Crippen molar-refractivity contribution in [2.45, 2.75) is 25.8 Å². The van der Waals surface area contributed by atoms with Gasteiger partial charge in [-0.2, -0.15) is 13.2 Å². The van der Waals surface area contributed by atoms with Gasteiger partial charge in [-0.25, -0.2) is 4.79 Å². The lowest BCUT2D eigenvalue weighted by molar-refractivity contribution is -0.137. The highest BCUT2D eigenvalue weighted by atomic mass is 28.4. The predicted octanol–water partition coefficient (Wildman–Crippen LogP) is 5.52. The molecule has 2 aromatic rings. The van der Waals surface area contributed by atoms with Crippen LogP contribution in [0.3, 0.4) is 0 Å². The van der Waals surface area contributed by atoms with Crippen molar-refractivity contribution in [2.75, 3.05) is 71.4 Å². The van der Waals surface area contributed by atoms with Crippen molar-refractivity contribution in [2.24, 2.45) is 0 Å². The zero-order valence-corrected chi connectivity index (χ0v) is 23.7. The molecule has 0 aliphatic heterocycles. The third kappa shape index (κ3) is 14.5. The average Bonchev–Trinajstić information content (AvgIpc) is 2.87. The van der Waals surface area contributed by atoms with Crippen LogP contribution >= 0.6 is 0 Å². The summed E-state index contributed by atoms with van der Waals surface area (Å²) in [7, 11) is -1.49. The van der Waals surface area contributed by atoms with Gasteiger partial charge in [0.1, 0.15) is 6.61 Å². The number of ether oxygens (including phenoxy) is 5. The zero-order valence-electron chi connectivity index (χ0n) is 22.7. The number of benzene rings is 2. The summed E-state index contributed by atoms with van der Waals surface area (Å²) in [4.78, 5) is 12.5. The van der Waals surface area contributed by atoms with E-state index in [0.717, 1.165) is 12.1 Å². The summed E-state index contributed by atoms with van der Waals surface area (Å²) in [5, 5.41) is 2.86. The van der Waals surface area contributed by atoms with Crippen molar-refractivity contribution in [3.63, 3.8) is 0 Å². The molecule has 0 amide bonds. The largest absolute Gasteiger partial charge is 0.460 e. The maximum atomic E-state index is 13.0. The second-order valence-corrected chi connectivity index (χ2v) is 13.8. The van der Waals surface area contributed by atoms with Crippen molar-refractivity contribution < 1.29 is 46.1 Å². The minimum atomic E-state index is -4.47. The first-order chi connectivity index (χ1) is 18.6. The Bertz CT molecular complexity index is 986. The highest BCUT2D eigenvalue weighted by Crippen LogP contribution is 2.32. The number of carbonyl (C=O) groups is 1. The van der Waals surface area contributed by atoms with Gasteiger partial charge in [0.15, 0.2) is 8.32 Å². The van der Waals surface area contributed by atoms with Gasteiger partial charge in [0, 0.05) is 5.69 Å². The molecule has 0 saturated carbocycles. The molecule has 0 spiro atoms. The molecule has 0 aliphatic carbocycles. The molecule has 0 bridgehead atoms. The molecule has 8 nitrogen and oxygen atoms in total. The number of hydrogen-bond donors (Lipinski definition) is 1. The summed E-state index contributed by atoms with van der Waals surface area (Å²) in [6, 6.07) is 11.2. The van der Waals surface area contributed by atoms with Crippen LogP contribution in [0.15, 0.2) is 48.5 Å². The molecule has 0 atom stereocenters. The number of rotatable bonds is 19. The minimum Gasteiger partial charge on any atom is -0.460 e. The summed E-state index contributed by atoms with van der Waals surface area (Å²) in [6.07, 6.45) is -4.47. The van der Waals surface area contributed by atoms with Crippen LogP contribution in [0.25, 0.3) is 0 Å². The maximum absolute atomic E-state index is 13.0. The summed E-state index contributed by atoms with van der Waals surface area (Å²) in [6.45, 7) is 10.3. The van der Waals surface area contributed by atoms with Crippen LogP contribution in [0.1, 0.15) is 15.9 Å². The van der Waals surface area contributed by atoms with Gasteiger partial charge in [-0.1, -0.05) is 18.2 Å². The minimum absolute atomic E-state index is 0.0167. The summed E-state index contributed by atoms with van der Waals surface area (Å²) in [5.74, 6) is -0.616. The first-order valence-electron chi connectivity index (χ1n) is 12.7. The molecule has 0 heterocycles. The van der Waals surface area contributed by atoms with Crippen molar-refractivity contribution in [1.29, 1.82) is 0 Å². The fraction of sp³-hybridized carbons (Fsp3) is 0.519. The van der Waals surface area contributed by atoms with E-state index in [-0.39, 0.29) is 24.5 Å². The van der Waals surface area contributed by atoms with Gasteiger partial charge in [-0.15, -0.1) is 0 Å². The summed E-state index contributed by atoms with van der Waals surface area (Å²) < 4.78 is 71.6. The quantitative estimate of drug-likeness (QED) is 0.134. The van der Waals surface area contributed by atoms with Gasteiger partial charge in [0.2, 0.25) is 0 Å². The summed E-state index contributed by atoms with van der Waals surface area (Å²) >= 11 is 0. The standard InChI is InChI=1S/C27H38F3NO7Si/c1-39(2,3)38-20-18-36-16-14-34-12-11-33-13-15-35-17-19-37-26(32)24-9-4-5-10-25(24)31-23-8-6-7-22(21-23)27(28,29)30/h4-10,21,31H,11-20H2,1-3H3. The van der Waals surface area contributed by atoms with E-state index in [1.165, 1.54) is 18.2 Å². The van der Waals surface area contributed by atoms with E-state index < -0.39 is 26.0 Å². The van der Waals surface area contributed by atoms with Crippen LogP contribution in [0.2, 0.25) is 19.6 Å². The van der Waals surface area contributed by atoms with Crippen molar-refractivity contribution >= 4 is 25.7 Å². The highest BCUT2D eigenvalue weighted by molar-refractivity contribution is 6.69. The van der Waals surface area contributed by atoms with Crippen LogP contribution in [-0.2, 0) is 34.3 Å². The molecule has 0 unspecified atom stereocenters. The van der Waals surface area contributed by atoms with E-state index in [1.807, 2.05) is 0 Å². The Kier molecular flexibility index (Phi) is 14.5. The molecule has 218 valence electrons. The van der Waals surface area contributed by atoms with Crippen molar-refractivity contribution in [3.05, 3.63) is 59.7 Å². The van der Waals surface area contributed by atoms with E-state index in [4.69, 9.17) is 28.1 Å². The lowest BCUT2D eigenvalue weighted by Gasteiger charge is -2.16. The molecule has 2 rings (SSSR count). The summed E-state index contributed by atoms with van der Waals surface area (Å²) in [5.41, 5.74) is -0.0510. The fourth-order valence-corrected chi connectivity index (χ4v) is 3.83. The van der Waals surface area contributed by atoms with Gasteiger partial charge in [-0.3, -0.25) is 0 Å². The van der Waals surface area contributed by atoms with E-state index in [2.05, 4.69) is 25.0 Å². The number of carbonyl (C=O) groups excluding carboxylic acids is 1. The van der Waals surface area contributed by atoms with E-state index in [0.29, 0.717) is 58.5 Å². The molecular weight excluding hydrogens is 535 g/mol. The second kappa shape index (κ2) is 17.3. The molecule has 0 aromatic heterocycles. The van der Waals surface area contributed by atoms with Crippen LogP contribution in [0, 0.1) is 0 Å². The number of halogens is 3. The SMILES string of the molecule is C[Si](C)(C)OCCOCCOCCOCCOCCOC(=O)c1ccccc1Nc1cccc(C(F)(F)F)c1. The monoisotopic (exact) mass is 573 g/mol. The molecule has 0 aliphatic rings. The molecular formula is C27H38F3NO7Si. The number of esters is 1. The van der Waals surface area contributed by atoms with Crippen molar-refractivity contribution in [3.8, 4) is 0 Å². The van der Waals surface area contributed by atoms with Crippen LogP contribution in [-0.4, -0.2) is 80.4 Å². The number of nitrogens with one attached hydrogen (secondary N) is 1. The third-order valence-corrected chi connectivity index (χ3v) is 6.03. The Morgan fingerprint density at radius 3 is 1.85 bits per heavy atom. The smallest absolute Gasteiger partial charge is 0.416 e. The zero-order chi connectivity index (χ0) is 28.6. The van der Waals surface area contributed by atoms with E-state index in [1.54, 1.807) is 18.2 Å². The fourth-order valence-electron chi connectivity index (χ4n) is 3.14.